The molecule has 2 aromatic carbocycles. The number of carbonyl (C=O) groups excluding carboxylic acids is 1. The minimum Gasteiger partial charge on any atom is -0.493 e. The van der Waals surface area contributed by atoms with Crippen LogP contribution in [0.3, 0.4) is 0 Å². The summed E-state index contributed by atoms with van der Waals surface area (Å²) < 4.78 is 19.1. The van der Waals surface area contributed by atoms with Gasteiger partial charge in [-0.15, -0.1) is 0 Å². The fourth-order valence-corrected chi connectivity index (χ4v) is 4.74. The molecule has 3 rings (SSSR count). The molecule has 28 heavy (non-hydrogen) atoms. The monoisotopic (exact) mass is 620 g/mol. The second kappa shape index (κ2) is 9.27. The molecule has 0 saturated carbocycles. The maximum absolute atomic E-state index is 12.3. The number of furan rings is 1. The van der Waals surface area contributed by atoms with E-state index in [-0.39, 0.29) is 5.76 Å². The van der Waals surface area contributed by atoms with Crippen molar-refractivity contribution in [1.82, 2.24) is 5.43 Å². The van der Waals surface area contributed by atoms with Gasteiger partial charge in [-0.3, -0.25) is 4.79 Å². The van der Waals surface area contributed by atoms with Gasteiger partial charge >= 0.3 is 5.91 Å². The van der Waals surface area contributed by atoms with E-state index in [4.69, 9.17) is 13.9 Å². The van der Waals surface area contributed by atoms with Crippen molar-refractivity contribution in [1.29, 1.82) is 0 Å². The zero-order chi connectivity index (χ0) is 20.3. The minimum atomic E-state index is -0.434. The molecule has 0 aliphatic carbocycles. The molecule has 0 saturated heterocycles. The highest BCUT2D eigenvalue weighted by atomic mass is 127. The molecule has 0 spiro atoms. The largest absolute Gasteiger partial charge is 0.493 e. The van der Waals surface area contributed by atoms with E-state index in [2.05, 4.69) is 65.0 Å². The molecule has 6 nitrogen and oxygen atoms in total. The van der Waals surface area contributed by atoms with Crippen LogP contribution in [0.2, 0.25) is 0 Å². The molecule has 146 valence electrons. The Morgan fingerprint density at radius 2 is 2.07 bits per heavy atom. The molecule has 0 aliphatic heterocycles. The highest BCUT2D eigenvalue weighted by molar-refractivity contribution is 14.1. The summed E-state index contributed by atoms with van der Waals surface area (Å²) in [5.74, 6) is 0.945. The molecule has 0 unspecified atom stereocenters. The lowest BCUT2D eigenvalue weighted by atomic mass is 10.2. The van der Waals surface area contributed by atoms with Crippen molar-refractivity contribution >= 4 is 77.5 Å². The van der Waals surface area contributed by atoms with Crippen LogP contribution in [0.15, 0.2) is 48.8 Å². The average Bonchev–Trinajstić information content (AvgIpc) is 3.08. The second-order valence-corrected chi connectivity index (χ2v) is 8.52. The van der Waals surface area contributed by atoms with Crippen LogP contribution in [-0.2, 0) is 0 Å². The summed E-state index contributed by atoms with van der Waals surface area (Å²) >= 11 is 9.06. The molecule has 0 aliphatic rings. The highest BCUT2D eigenvalue weighted by Gasteiger charge is 2.14. The van der Waals surface area contributed by atoms with E-state index in [9.17, 15) is 4.79 Å². The average molecular weight is 622 g/mol. The van der Waals surface area contributed by atoms with E-state index < -0.39 is 5.91 Å². The van der Waals surface area contributed by atoms with Crippen LogP contribution >= 0.6 is 54.5 Å². The second-order valence-electron chi connectivity index (χ2n) is 5.58. The van der Waals surface area contributed by atoms with E-state index in [0.717, 1.165) is 23.5 Å². The molecule has 0 bridgehead atoms. The number of hydrogen-bond donors (Lipinski definition) is 1. The van der Waals surface area contributed by atoms with Crippen molar-refractivity contribution in [2.24, 2.45) is 5.10 Å². The Morgan fingerprint density at radius 1 is 1.29 bits per heavy atom. The predicted octanol–water partition coefficient (Wildman–Crippen LogP) is 5.73. The number of amides is 1. The van der Waals surface area contributed by atoms with Crippen molar-refractivity contribution in [3.8, 4) is 11.5 Å². The van der Waals surface area contributed by atoms with Gasteiger partial charge in [0.05, 0.1) is 28.0 Å². The van der Waals surface area contributed by atoms with Gasteiger partial charge in [0.25, 0.3) is 0 Å². The normalized spacial score (nSPS) is 11.2. The molecule has 1 heterocycles. The summed E-state index contributed by atoms with van der Waals surface area (Å²) in [7, 11) is 1.56. The third-order valence-corrected chi connectivity index (χ3v) is 5.53. The molecule has 1 amide bonds. The number of ether oxygens (including phenoxy) is 2. The van der Waals surface area contributed by atoms with Crippen molar-refractivity contribution in [3.63, 3.8) is 0 Å². The molecular formula is C19H15Br2IN2O4. The molecule has 1 N–H and O–H groups in total. The van der Waals surface area contributed by atoms with Gasteiger partial charge in [-0.2, -0.15) is 5.10 Å². The molecular weight excluding hydrogens is 607 g/mol. The summed E-state index contributed by atoms with van der Waals surface area (Å²) in [4.78, 5) is 12.3. The number of methoxy groups -OCH3 is 1. The van der Waals surface area contributed by atoms with Crippen LogP contribution in [0.5, 0.6) is 11.5 Å². The van der Waals surface area contributed by atoms with Crippen LogP contribution in [0.25, 0.3) is 11.0 Å². The van der Waals surface area contributed by atoms with Crippen LogP contribution in [0.1, 0.15) is 23.0 Å². The summed E-state index contributed by atoms with van der Waals surface area (Å²) in [5, 5.41) is 4.85. The number of nitrogens with one attached hydrogen (secondary N) is 1. The lowest BCUT2D eigenvalue weighted by molar-refractivity contribution is 0.0929. The topological polar surface area (TPSA) is 73.1 Å². The molecule has 3 aromatic rings. The number of benzene rings is 2. The molecule has 9 heteroatoms. The van der Waals surface area contributed by atoms with Crippen molar-refractivity contribution < 1.29 is 18.7 Å². The van der Waals surface area contributed by atoms with E-state index in [1.54, 1.807) is 19.2 Å². The standard InChI is InChI=1S/C19H15Br2IN2O4/c1-3-27-18-13(21)4-10(5-15(18)26-2)9-23-24-19(25)16-7-11-6-12(20)8-14(22)17(11)28-16/h4-9H,3H2,1-2H3,(H,24,25)/b23-9-. The zero-order valence-electron chi connectivity index (χ0n) is 14.9. The molecule has 0 atom stereocenters. The maximum Gasteiger partial charge on any atom is 0.307 e. The SMILES string of the molecule is CCOc1c(Br)cc(/C=N\NC(=O)c2cc3cc(Br)cc(I)c3o2)cc1OC. The first-order valence-corrected chi connectivity index (χ1v) is 10.8. The first kappa shape index (κ1) is 21.1. The lowest BCUT2D eigenvalue weighted by Gasteiger charge is -2.11. The smallest absolute Gasteiger partial charge is 0.307 e. The van der Waals surface area contributed by atoms with Crippen LogP contribution < -0.4 is 14.9 Å². The van der Waals surface area contributed by atoms with Crippen molar-refractivity contribution in [2.45, 2.75) is 6.92 Å². The first-order valence-electron chi connectivity index (χ1n) is 8.15. The Hall–Kier alpha value is -1.59. The van der Waals surface area contributed by atoms with Crippen molar-refractivity contribution in [3.05, 3.63) is 54.2 Å². The Labute approximate surface area is 192 Å². The summed E-state index contributed by atoms with van der Waals surface area (Å²) in [6.45, 7) is 2.42. The summed E-state index contributed by atoms with van der Waals surface area (Å²) in [6, 6.07) is 9.09. The number of hydrogen-bond acceptors (Lipinski definition) is 5. The Balaban J connectivity index is 1.76. The number of halogens is 3. The van der Waals surface area contributed by atoms with Gasteiger partial charge < -0.3 is 13.9 Å². The van der Waals surface area contributed by atoms with Crippen LogP contribution in [0.4, 0.5) is 0 Å². The fourth-order valence-electron chi connectivity index (χ4n) is 2.51. The molecule has 0 fully saturated rings. The first-order chi connectivity index (χ1) is 13.4. The van der Waals surface area contributed by atoms with Gasteiger partial charge in [0.2, 0.25) is 0 Å². The van der Waals surface area contributed by atoms with Gasteiger partial charge in [-0.05, 0) is 81.3 Å². The van der Waals surface area contributed by atoms with Crippen LogP contribution in [0, 0.1) is 3.57 Å². The van der Waals surface area contributed by atoms with E-state index in [0.29, 0.717) is 23.7 Å². The van der Waals surface area contributed by atoms with E-state index in [1.165, 1.54) is 6.21 Å². The number of nitrogens with zero attached hydrogens (tertiary/aromatic N) is 1. The third kappa shape index (κ3) is 4.69. The van der Waals surface area contributed by atoms with Gasteiger partial charge in [0.1, 0.15) is 5.58 Å². The number of fused-ring (bicyclic) bond motifs is 1. The molecule has 0 radical (unpaired) electrons. The summed E-state index contributed by atoms with van der Waals surface area (Å²) in [5.41, 5.74) is 3.87. The number of carbonyl (C=O) groups is 1. The fraction of sp³-hybridized carbons (Fsp3) is 0.158. The maximum atomic E-state index is 12.3. The van der Waals surface area contributed by atoms with Crippen molar-refractivity contribution in [2.75, 3.05) is 13.7 Å². The predicted molar refractivity (Wildman–Crippen MR) is 124 cm³/mol. The van der Waals surface area contributed by atoms with E-state index in [1.807, 2.05) is 25.1 Å². The van der Waals surface area contributed by atoms with Crippen LogP contribution in [-0.4, -0.2) is 25.8 Å². The van der Waals surface area contributed by atoms with E-state index >= 15 is 0 Å². The number of rotatable bonds is 6. The quantitative estimate of drug-likeness (QED) is 0.217. The minimum absolute atomic E-state index is 0.189. The highest BCUT2D eigenvalue weighted by Crippen LogP contribution is 2.36. The van der Waals surface area contributed by atoms with Gasteiger partial charge in [0.15, 0.2) is 17.3 Å². The third-order valence-electron chi connectivity index (χ3n) is 3.68. The Morgan fingerprint density at radius 3 is 2.79 bits per heavy atom. The zero-order valence-corrected chi connectivity index (χ0v) is 20.2. The summed E-state index contributed by atoms with van der Waals surface area (Å²) in [6.07, 6.45) is 1.52. The lowest BCUT2D eigenvalue weighted by Crippen LogP contribution is -2.16. The van der Waals surface area contributed by atoms with Gasteiger partial charge in [-0.1, -0.05) is 15.9 Å². The number of hydrazone groups is 1. The molecule has 1 aromatic heterocycles. The van der Waals surface area contributed by atoms with Gasteiger partial charge in [0, 0.05) is 9.86 Å². The Bertz CT molecular complexity index is 1070. The Kier molecular flexibility index (Phi) is 7.00. The van der Waals surface area contributed by atoms with Gasteiger partial charge in [-0.25, -0.2) is 5.43 Å².